The summed E-state index contributed by atoms with van der Waals surface area (Å²) in [5.41, 5.74) is 2.02. The molecule has 2 aromatic rings. The van der Waals surface area contributed by atoms with E-state index in [1.54, 1.807) is 13.4 Å². The first-order valence-corrected chi connectivity index (χ1v) is 8.14. The summed E-state index contributed by atoms with van der Waals surface area (Å²) in [5.74, 6) is 0.805. The molecule has 0 aliphatic heterocycles. The molecule has 1 aromatic carbocycles. The van der Waals surface area contributed by atoms with Crippen LogP contribution in [-0.2, 0) is 17.3 Å². The quantitative estimate of drug-likeness (QED) is 0.863. The average Bonchev–Trinajstić information content (AvgIpc) is 2.70. The Morgan fingerprint density at radius 3 is 2.89 bits per heavy atom. The number of benzene rings is 1. The number of H-pyrrole nitrogens is 1. The van der Waals surface area contributed by atoms with Crippen LogP contribution >= 0.6 is 12.2 Å². The minimum absolute atomic E-state index is 0.171. The molecule has 0 aliphatic rings. The summed E-state index contributed by atoms with van der Waals surface area (Å²) in [6.45, 7) is 2.77. The number of nitrogens with one attached hydrogen (secondary N) is 1. The van der Waals surface area contributed by atoms with Gasteiger partial charge in [-0.05, 0) is 30.8 Å². The van der Waals surface area contributed by atoms with Crippen molar-refractivity contribution in [3.8, 4) is 5.75 Å². The van der Waals surface area contributed by atoms with Crippen LogP contribution < -0.4 is 4.74 Å². The van der Waals surface area contributed by atoms with Crippen molar-refractivity contribution in [3.63, 3.8) is 0 Å². The maximum absolute atomic E-state index is 11.4. The smallest absolute Gasteiger partial charge is 0.178 e. The van der Waals surface area contributed by atoms with Crippen LogP contribution in [-0.4, -0.2) is 32.4 Å². The van der Waals surface area contributed by atoms with Gasteiger partial charge in [0.15, 0.2) is 4.77 Å². The lowest BCUT2D eigenvalue weighted by atomic mass is 10.3. The molecule has 0 aliphatic carbocycles. The Balaban J connectivity index is 2.30. The lowest BCUT2D eigenvalue weighted by Gasteiger charge is -2.09. The SMILES string of the molecule is COc1ccc2c(c1)[nH]c(=S)n2CCC(C)S(C)=O. The highest BCUT2D eigenvalue weighted by Crippen LogP contribution is 2.21. The fourth-order valence-corrected chi connectivity index (χ4v) is 2.71. The number of aromatic nitrogens is 2. The van der Waals surface area contributed by atoms with E-state index < -0.39 is 10.8 Å². The van der Waals surface area contributed by atoms with Gasteiger partial charge in [0.05, 0.1) is 18.1 Å². The first kappa shape index (κ1) is 14.3. The number of hydrogen-bond donors (Lipinski definition) is 1. The molecule has 1 N–H and O–H groups in total. The lowest BCUT2D eigenvalue weighted by Crippen LogP contribution is -2.12. The third-order valence-electron chi connectivity index (χ3n) is 3.31. The zero-order valence-corrected chi connectivity index (χ0v) is 12.9. The molecule has 6 heteroatoms. The van der Waals surface area contributed by atoms with Gasteiger partial charge in [0.2, 0.25) is 0 Å². The van der Waals surface area contributed by atoms with Gasteiger partial charge in [0.1, 0.15) is 5.75 Å². The average molecular weight is 298 g/mol. The minimum atomic E-state index is -0.795. The van der Waals surface area contributed by atoms with Crippen molar-refractivity contribution in [1.82, 2.24) is 9.55 Å². The van der Waals surface area contributed by atoms with E-state index in [1.165, 1.54) is 0 Å². The topological polar surface area (TPSA) is 47.0 Å². The normalized spacial score (nSPS) is 14.5. The Bertz CT molecular complexity index is 660. The molecule has 1 aromatic heterocycles. The van der Waals surface area contributed by atoms with E-state index in [0.29, 0.717) is 4.77 Å². The van der Waals surface area contributed by atoms with Crippen molar-refractivity contribution in [2.24, 2.45) is 0 Å². The molecule has 0 amide bonds. The maximum atomic E-state index is 11.4. The molecule has 0 spiro atoms. The maximum Gasteiger partial charge on any atom is 0.178 e. The van der Waals surface area contributed by atoms with E-state index in [4.69, 9.17) is 17.0 Å². The Morgan fingerprint density at radius 1 is 1.53 bits per heavy atom. The highest BCUT2D eigenvalue weighted by molar-refractivity contribution is 7.84. The van der Waals surface area contributed by atoms with Crippen molar-refractivity contribution < 1.29 is 8.95 Å². The van der Waals surface area contributed by atoms with Gasteiger partial charge in [-0.1, -0.05) is 6.92 Å². The van der Waals surface area contributed by atoms with Gasteiger partial charge in [-0.2, -0.15) is 0 Å². The van der Waals surface area contributed by atoms with Gasteiger partial charge in [-0.15, -0.1) is 0 Å². The number of aromatic amines is 1. The van der Waals surface area contributed by atoms with Crippen molar-refractivity contribution >= 4 is 34.1 Å². The molecule has 0 fully saturated rings. The van der Waals surface area contributed by atoms with Crippen LogP contribution in [0.1, 0.15) is 13.3 Å². The van der Waals surface area contributed by atoms with Gasteiger partial charge in [-0.25, -0.2) is 0 Å². The number of fused-ring (bicyclic) bond motifs is 1. The molecule has 2 unspecified atom stereocenters. The van der Waals surface area contributed by atoms with E-state index in [0.717, 1.165) is 29.7 Å². The predicted octanol–water partition coefficient (Wildman–Crippen LogP) is 2.86. The molecule has 1 heterocycles. The van der Waals surface area contributed by atoms with Crippen molar-refractivity contribution in [2.75, 3.05) is 13.4 Å². The second kappa shape index (κ2) is 5.88. The summed E-state index contributed by atoms with van der Waals surface area (Å²) in [4.78, 5) is 3.18. The largest absolute Gasteiger partial charge is 0.497 e. The van der Waals surface area contributed by atoms with Crippen molar-refractivity contribution in [3.05, 3.63) is 23.0 Å². The number of hydrogen-bond acceptors (Lipinski definition) is 3. The summed E-state index contributed by atoms with van der Waals surface area (Å²) in [5, 5.41) is 0.171. The number of aryl methyl sites for hydroxylation is 1. The van der Waals surface area contributed by atoms with Gasteiger partial charge in [-0.3, -0.25) is 4.21 Å². The minimum Gasteiger partial charge on any atom is -0.497 e. The second-order valence-corrected chi connectivity index (χ2v) is 6.75. The summed E-state index contributed by atoms with van der Waals surface area (Å²) in [6.07, 6.45) is 2.58. The van der Waals surface area contributed by atoms with Gasteiger partial charge in [0, 0.05) is 34.9 Å². The van der Waals surface area contributed by atoms with E-state index >= 15 is 0 Å². The standard InChI is InChI=1S/C13H18N2O2S2/c1-9(19(3)16)6-7-15-12-5-4-10(17-2)8-11(12)14-13(15)18/h4-5,8-9H,6-7H2,1-3H3,(H,14,18). The zero-order valence-electron chi connectivity index (χ0n) is 11.3. The summed E-state index contributed by atoms with van der Waals surface area (Å²) in [6, 6.07) is 5.85. The highest BCUT2D eigenvalue weighted by atomic mass is 32.2. The van der Waals surface area contributed by atoms with E-state index in [9.17, 15) is 4.21 Å². The number of nitrogens with zero attached hydrogens (tertiary/aromatic N) is 1. The summed E-state index contributed by atoms with van der Waals surface area (Å²) in [7, 11) is 0.849. The predicted molar refractivity (Wildman–Crippen MR) is 81.8 cm³/mol. The molecule has 2 rings (SSSR count). The molecular formula is C13H18N2O2S2. The van der Waals surface area contributed by atoms with Gasteiger partial charge in [0.25, 0.3) is 0 Å². The lowest BCUT2D eigenvalue weighted by molar-refractivity contribution is 0.415. The number of ether oxygens (including phenoxy) is 1. The molecule has 4 nitrogen and oxygen atoms in total. The summed E-state index contributed by atoms with van der Waals surface area (Å²) < 4.78 is 19.3. The first-order valence-electron chi connectivity index (χ1n) is 6.11. The molecule has 0 saturated carbocycles. The third kappa shape index (κ3) is 3.06. The molecular weight excluding hydrogens is 280 g/mol. The van der Waals surface area contributed by atoms with E-state index in [-0.39, 0.29) is 5.25 Å². The van der Waals surface area contributed by atoms with Crippen LogP contribution in [0.3, 0.4) is 0 Å². The second-order valence-electron chi connectivity index (χ2n) is 4.56. The molecule has 19 heavy (non-hydrogen) atoms. The number of rotatable bonds is 5. The van der Waals surface area contributed by atoms with Crippen LogP contribution in [0.4, 0.5) is 0 Å². The fraction of sp³-hybridized carbons (Fsp3) is 0.462. The van der Waals surface area contributed by atoms with Crippen LogP contribution in [0, 0.1) is 4.77 Å². The zero-order chi connectivity index (χ0) is 14.0. The Hall–Kier alpha value is -1.14. The molecule has 104 valence electrons. The highest BCUT2D eigenvalue weighted by Gasteiger charge is 2.09. The van der Waals surface area contributed by atoms with Crippen LogP contribution in [0.15, 0.2) is 18.2 Å². The summed E-state index contributed by atoms with van der Waals surface area (Å²) >= 11 is 5.34. The monoisotopic (exact) mass is 298 g/mol. The van der Waals surface area contributed by atoms with Crippen molar-refractivity contribution in [2.45, 2.75) is 25.1 Å². The Labute approximate surface area is 120 Å². The Kier molecular flexibility index (Phi) is 4.42. The van der Waals surface area contributed by atoms with Crippen LogP contribution in [0.2, 0.25) is 0 Å². The van der Waals surface area contributed by atoms with Crippen molar-refractivity contribution in [1.29, 1.82) is 0 Å². The van der Waals surface area contributed by atoms with Crippen LogP contribution in [0.5, 0.6) is 5.75 Å². The first-order chi connectivity index (χ1) is 9.02. The van der Waals surface area contributed by atoms with Gasteiger partial charge < -0.3 is 14.3 Å². The number of imidazole rings is 1. The molecule has 2 atom stereocenters. The van der Waals surface area contributed by atoms with Crippen LogP contribution in [0.25, 0.3) is 11.0 Å². The van der Waals surface area contributed by atoms with Gasteiger partial charge >= 0.3 is 0 Å². The Morgan fingerprint density at radius 2 is 2.26 bits per heavy atom. The molecule has 0 bridgehead atoms. The number of methoxy groups -OCH3 is 1. The van der Waals surface area contributed by atoms with E-state index in [2.05, 4.69) is 4.98 Å². The molecule has 0 saturated heterocycles. The molecule has 0 radical (unpaired) electrons. The fourth-order valence-electron chi connectivity index (χ4n) is 1.97. The van der Waals surface area contributed by atoms with E-state index in [1.807, 2.05) is 29.7 Å². The third-order valence-corrected chi connectivity index (χ3v) is 5.00.